The van der Waals surface area contributed by atoms with Gasteiger partial charge >= 0.3 is 0 Å². The molecule has 0 saturated carbocycles. The zero-order chi connectivity index (χ0) is 21.0. The van der Waals surface area contributed by atoms with Crippen LogP contribution in [0.5, 0.6) is 17.2 Å². The highest BCUT2D eigenvalue weighted by Crippen LogP contribution is 2.38. The van der Waals surface area contributed by atoms with Gasteiger partial charge in [-0.15, -0.1) is 0 Å². The minimum absolute atomic E-state index is 0.289. The molecule has 29 heavy (non-hydrogen) atoms. The first-order valence-corrected chi connectivity index (χ1v) is 9.23. The summed E-state index contributed by atoms with van der Waals surface area (Å²) in [7, 11) is 8.63. The first-order valence-electron chi connectivity index (χ1n) is 9.23. The maximum absolute atomic E-state index is 13.5. The smallest absolute Gasteiger partial charge is 0.203 e. The third-order valence-electron chi connectivity index (χ3n) is 4.63. The van der Waals surface area contributed by atoms with Gasteiger partial charge in [0.1, 0.15) is 11.6 Å². The van der Waals surface area contributed by atoms with Crippen molar-refractivity contribution in [3.63, 3.8) is 0 Å². The number of hydrogen-bond donors (Lipinski definition) is 1. The molecular weight excluding hydrogens is 373 g/mol. The van der Waals surface area contributed by atoms with Gasteiger partial charge in [0, 0.05) is 44.2 Å². The number of benzene rings is 2. The number of pyridine rings is 1. The van der Waals surface area contributed by atoms with E-state index in [1.165, 1.54) is 12.1 Å². The number of nitrogens with one attached hydrogen (secondary N) is 1. The van der Waals surface area contributed by atoms with Crippen molar-refractivity contribution >= 4 is 16.7 Å². The number of rotatable bonds is 8. The van der Waals surface area contributed by atoms with Gasteiger partial charge < -0.3 is 24.4 Å². The minimum Gasteiger partial charge on any atom is -0.493 e. The first kappa shape index (κ1) is 20.7. The van der Waals surface area contributed by atoms with Crippen LogP contribution in [-0.4, -0.2) is 40.4 Å². The predicted molar refractivity (Wildman–Crippen MR) is 113 cm³/mol. The molecule has 154 valence electrons. The molecule has 0 radical (unpaired) electrons. The number of anilines is 1. The molecule has 0 amide bonds. The predicted octanol–water partition coefficient (Wildman–Crippen LogP) is 3.76. The molecule has 1 aromatic heterocycles. The first-order chi connectivity index (χ1) is 14.0. The lowest BCUT2D eigenvalue weighted by atomic mass is 10.1. The van der Waals surface area contributed by atoms with E-state index in [-0.39, 0.29) is 5.82 Å². The van der Waals surface area contributed by atoms with Gasteiger partial charge in [-0.25, -0.2) is 9.37 Å². The van der Waals surface area contributed by atoms with Crippen LogP contribution in [0.25, 0.3) is 10.9 Å². The Morgan fingerprint density at radius 2 is 1.62 bits per heavy atom. The van der Waals surface area contributed by atoms with E-state index in [1.807, 2.05) is 37.2 Å². The molecule has 7 heteroatoms. The molecule has 3 rings (SSSR count). The Kier molecular flexibility index (Phi) is 6.39. The van der Waals surface area contributed by atoms with E-state index < -0.39 is 0 Å². The zero-order valence-corrected chi connectivity index (χ0v) is 17.4. The van der Waals surface area contributed by atoms with E-state index in [0.717, 1.165) is 22.3 Å². The summed E-state index contributed by atoms with van der Waals surface area (Å²) in [6.07, 6.45) is 0. The van der Waals surface area contributed by atoms with Gasteiger partial charge in [0.15, 0.2) is 11.5 Å². The molecule has 3 aromatic rings. The standard InChI is InChI=1S/C22H26FN3O3/c1-26(2)22-16(10-15-6-7-17(23)11-18(15)25-22)13-24-12-14-8-19(27-3)21(29-5)20(9-14)28-4/h6-11,24H,12-13H2,1-5H3. The number of aromatic nitrogens is 1. The molecule has 1 N–H and O–H groups in total. The van der Waals surface area contributed by atoms with Crippen molar-refractivity contribution in [2.24, 2.45) is 0 Å². The summed E-state index contributed by atoms with van der Waals surface area (Å²) in [5.74, 6) is 2.32. The van der Waals surface area contributed by atoms with Crippen LogP contribution in [0, 0.1) is 5.82 Å². The van der Waals surface area contributed by atoms with Crippen LogP contribution in [0.4, 0.5) is 10.2 Å². The van der Waals surface area contributed by atoms with Crippen molar-refractivity contribution in [1.82, 2.24) is 10.3 Å². The summed E-state index contributed by atoms with van der Waals surface area (Å²) in [5, 5.41) is 4.34. The van der Waals surface area contributed by atoms with Gasteiger partial charge in [0.25, 0.3) is 0 Å². The largest absolute Gasteiger partial charge is 0.493 e. The molecule has 0 saturated heterocycles. The highest BCUT2D eigenvalue weighted by atomic mass is 19.1. The van der Waals surface area contributed by atoms with Crippen LogP contribution in [0.3, 0.4) is 0 Å². The van der Waals surface area contributed by atoms with Gasteiger partial charge in [-0.05, 0) is 35.9 Å². The van der Waals surface area contributed by atoms with E-state index in [4.69, 9.17) is 14.2 Å². The Hall–Kier alpha value is -3.06. The van der Waals surface area contributed by atoms with Crippen molar-refractivity contribution in [2.45, 2.75) is 13.1 Å². The maximum atomic E-state index is 13.5. The number of ether oxygens (including phenoxy) is 3. The van der Waals surface area contributed by atoms with Crippen LogP contribution in [0.15, 0.2) is 36.4 Å². The molecule has 0 bridgehead atoms. The lowest BCUT2D eigenvalue weighted by Crippen LogP contribution is -2.18. The van der Waals surface area contributed by atoms with Gasteiger partial charge in [-0.3, -0.25) is 0 Å². The fraction of sp³-hybridized carbons (Fsp3) is 0.318. The van der Waals surface area contributed by atoms with Gasteiger partial charge in [0.05, 0.1) is 26.8 Å². The molecule has 1 heterocycles. The summed E-state index contributed by atoms with van der Waals surface area (Å²) >= 11 is 0. The van der Waals surface area contributed by atoms with E-state index in [1.54, 1.807) is 27.4 Å². The fourth-order valence-corrected chi connectivity index (χ4v) is 3.27. The van der Waals surface area contributed by atoms with E-state index >= 15 is 0 Å². The van der Waals surface area contributed by atoms with Crippen molar-refractivity contribution in [3.8, 4) is 17.2 Å². The average Bonchev–Trinajstić information content (AvgIpc) is 2.72. The second-order valence-electron chi connectivity index (χ2n) is 6.84. The van der Waals surface area contributed by atoms with Crippen LogP contribution in [0.1, 0.15) is 11.1 Å². The molecule has 6 nitrogen and oxygen atoms in total. The summed E-state index contributed by atoms with van der Waals surface area (Å²) in [5.41, 5.74) is 2.67. The number of halogens is 1. The van der Waals surface area contributed by atoms with Crippen molar-refractivity contribution in [3.05, 3.63) is 53.3 Å². The molecule has 0 spiro atoms. The minimum atomic E-state index is -0.289. The number of hydrogen-bond acceptors (Lipinski definition) is 6. The Bertz CT molecular complexity index is 983. The molecule has 0 aliphatic rings. The Labute approximate surface area is 170 Å². The number of methoxy groups -OCH3 is 3. The molecule has 0 unspecified atom stereocenters. The van der Waals surface area contributed by atoms with E-state index in [2.05, 4.69) is 10.3 Å². The SMILES string of the molecule is COc1cc(CNCc2cc3ccc(F)cc3nc2N(C)C)cc(OC)c1OC. The maximum Gasteiger partial charge on any atom is 0.203 e. The van der Waals surface area contributed by atoms with Crippen LogP contribution >= 0.6 is 0 Å². The van der Waals surface area contributed by atoms with Crippen molar-refractivity contribution < 1.29 is 18.6 Å². The van der Waals surface area contributed by atoms with E-state index in [0.29, 0.717) is 35.9 Å². The highest BCUT2D eigenvalue weighted by Gasteiger charge is 2.14. The highest BCUT2D eigenvalue weighted by molar-refractivity contribution is 5.81. The Balaban J connectivity index is 1.82. The van der Waals surface area contributed by atoms with Gasteiger partial charge in [0.2, 0.25) is 5.75 Å². The molecule has 0 atom stereocenters. The lowest BCUT2D eigenvalue weighted by molar-refractivity contribution is 0.323. The fourth-order valence-electron chi connectivity index (χ4n) is 3.27. The molecule has 2 aromatic carbocycles. The Morgan fingerprint density at radius 3 is 2.21 bits per heavy atom. The monoisotopic (exact) mass is 399 g/mol. The summed E-state index contributed by atoms with van der Waals surface area (Å²) in [6, 6.07) is 10.5. The van der Waals surface area contributed by atoms with Crippen LogP contribution < -0.4 is 24.4 Å². The lowest BCUT2D eigenvalue weighted by Gasteiger charge is -2.18. The molecule has 0 aliphatic heterocycles. The van der Waals surface area contributed by atoms with Gasteiger partial charge in [-0.2, -0.15) is 0 Å². The second kappa shape index (κ2) is 8.96. The Morgan fingerprint density at radius 1 is 0.931 bits per heavy atom. The zero-order valence-electron chi connectivity index (χ0n) is 17.4. The molecule has 0 aliphatic carbocycles. The van der Waals surface area contributed by atoms with Crippen LogP contribution in [0.2, 0.25) is 0 Å². The van der Waals surface area contributed by atoms with Crippen molar-refractivity contribution in [1.29, 1.82) is 0 Å². The normalized spacial score (nSPS) is 10.8. The third-order valence-corrected chi connectivity index (χ3v) is 4.63. The van der Waals surface area contributed by atoms with Gasteiger partial charge in [-0.1, -0.05) is 0 Å². The quantitative estimate of drug-likeness (QED) is 0.623. The number of nitrogens with zero attached hydrogens (tertiary/aromatic N) is 2. The summed E-state index contributed by atoms with van der Waals surface area (Å²) in [4.78, 5) is 6.56. The van der Waals surface area contributed by atoms with Crippen molar-refractivity contribution in [2.75, 3.05) is 40.3 Å². The molecule has 0 fully saturated rings. The summed E-state index contributed by atoms with van der Waals surface area (Å²) in [6.45, 7) is 1.20. The molecular formula is C22H26FN3O3. The second-order valence-corrected chi connectivity index (χ2v) is 6.84. The van der Waals surface area contributed by atoms with E-state index in [9.17, 15) is 4.39 Å². The number of fused-ring (bicyclic) bond motifs is 1. The third kappa shape index (κ3) is 4.51. The van der Waals surface area contributed by atoms with Crippen LogP contribution in [-0.2, 0) is 13.1 Å². The average molecular weight is 399 g/mol. The summed E-state index contributed by atoms with van der Waals surface area (Å²) < 4.78 is 29.7. The topological polar surface area (TPSA) is 55.9 Å².